The molecule has 20 heavy (non-hydrogen) atoms. The zero-order chi connectivity index (χ0) is 14.4. The van der Waals surface area contributed by atoms with Gasteiger partial charge in [0.1, 0.15) is 0 Å². The lowest BCUT2D eigenvalue weighted by molar-refractivity contribution is 0.103. The molecule has 0 fully saturated rings. The molecule has 98 valence electrons. The molecular formula is C15H10N2O3. The second-order valence-corrected chi connectivity index (χ2v) is 4.19. The molecule has 0 heterocycles. The lowest BCUT2D eigenvalue weighted by atomic mass is 9.92. The van der Waals surface area contributed by atoms with Crippen LogP contribution in [0.25, 0.3) is 0 Å². The van der Waals surface area contributed by atoms with Crippen LogP contribution < -0.4 is 0 Å². The first-order valence-corrected chi connectivity index (χ1v) is 5.88. The van der Waals surface area contributed by atoms with Crippen molar-refractivity contribution in [3.63, 3.8) is 0 Å². The number of benzene rings is 1. The summed E-state index contributed by atoms with van der Waals surface area (Å²) in [5.41, 5.74) is -0.581. The number of ketones is 1. The molecule has 2 rings (SSSR count). The second kappa shape index (κ2) is 5.85. The van der Waals surface area contributed by atoms with Crippen molar-refractivity contribution in [2.24, 2.45) is 9.98 Å². The number of isocyanates is 2. The molecule has 5 heteroatoms. The Labute approximate surface area is 115 Å². The van der Waals surface area contributed by atoms with Gasteiger partial charge < -0.3 is 0 Å². The van der Waals surface area contributed by atoms with E-state index in [0.717, 1.165) is 0 Å². The van der Waals surface area contributed by atoms with Crippen molar-refractivity contribution >= 4 is 17.9 Å². The predicted molar refractivity (Wildman–Crippen MR) is 71.6 cm³/mol. The van der Waals surface area contributed by atoms with Gasteiger partial charge in [-0.3, -0.25) is 4.79 Å². The Morgan fingerprint density at radius 2 is 1.75 bits per heavy atom. The lowest BCUT2D eigenvalue weighted by Gasteiger charge is -2.20. The third kappa shape index (κ3) is 2.75. The fourth-order valence-corrected chi connectivity index (χ4v) is 1.95. The summed E-state index contributed by atoms with van der Waals surface area (Å²) in [6, 6.07) is 8.67. The number of carbonyl (C=O) groups is 1. The SMILES string of the molecule is O=C=NC1(N=C=O)C=C(C(=O)c2ccccc2)C=CC1. The molecule has 1 aliphatic rings. The first-order chi connectivity index (χ1) is 9.71. The van der Waals surface area contributed by atoms with E-state index in [9.17, 15) is 14.4 Å². The zero-order valence-electron chi connectivity index (χ0n) is 10.4. The van der Waals surface area contributed by atoms with Crippen LogP contribution in [0.2, 0.25) is 0 Å². The third-order valence-corrected chi connectivity index (χ3v) is 2.88. The van der Waals surface area contributed by atoms with Crippen LogP contribution in [-0.4, -0.2) is 23.6 Å². The molecule has 0 radical (unpaired) electrons. The standard InChI is InChI=1S/C15H10N2O3/c18-10-16-15(17-11-19)8-4-7-13(9-15)14(20)12-5-2-1-3-6-12/h1-7,9H,8H2. The van der Waals surface area contributed by atoms with Crippen molar-refractivity contribution < 1.29 is 14.4 Å². The highest BCUT2D eigenvalue weighted by Gasteiger charge is 2.30. The minimum Gasteiger partial charge on any atom is -0.289 e. The number of carbonyl (C=O) groups excluding carboxylic acids is 3. The Kier molecular flexibility index (Phi) is 3.96. The van der Waals surface area contributed by atoms with Gasteiger partial charge in [0.15, 0.2) is 11.4 Å². The van der Waals surface area contributed by atoms with Gasteiger partial charge >= 0.3 is 0 Å². The van der Waals surface area contributed by atoms with E-state index in [1.165, 1.54) is 18.2 Å². The van der Waals surface area contributed by atoms with Gasteiger partial charge in [0.2, 0.25) is 12.2 Å². The number of Topliss-reactive ketones (excluding diaryl/α,β-unsaturated/α-hetero) is 1. The van der Waals surface area contributed by atoms with E-state index in [0.29, 0.717) is 11.1 Å². The molecule has 0 unspecified atom stereocenters. The smallest absolute Gasteiger partial charge is 0.237 e. The molecule has 0 amide bonds. The molecule has 0 saturated heterocycles. The number of hydrogen-bond donors (Lipinski definition) is 0. The van der Waals surface area contributed by atoms with E-state index in [-0.39, 0.29) is 12.2 Å². The summed E-state index contributed by atoms with van der Waals surface area (Å²) < 4.78 is 0. The van der Waals surface area contributed by atoms with Gasteiger partial charge in [-0.05, 0) is 6.08 Å². The van der Waals surface area contributed by atoms with E-state index in [1.807, 2.05) is 0 Å². The molecule has 0 aliphatic heterocycles. The van der Waals surface area contributed by atoms with Crippen LogP contribution >= 0.6 is 0 Å². The average Bonchev–Trinajstić information content (AvgIpc) is 2.48. The molecule has 1 aromatic rings. The van der Waals surface area contributed by atoms with E-state index in [2.05, 4.69) is 9.98 Å². The van der Waals surface area contributed by atoms with Gasteiger partial charge in [0.25, 0.3) is 0 Å². The van der Waals surface area contributed by atoms with E-state index in [1.54, 1.807) is 42.5 Å². The molecule has 0 atom stereocenters. The first-order valence-electron chi connectivity index (χ1n) is 5.88. The van der Waals surface area contributed by atoms with Crippen molar-refractivity contribution in [1.29, 1.82) is 0 Å². The number of rotatable bonds is 4. The summed E-state index contributed by atoms with van der Waals surface area (Å²) in [5.74, 6) is -0.229. The van der Waals surface area contributed by atoms with Crippen molar-refractivity contribution in [2.75, 3.05) is 0 Å². The molecule has 0 saturated carbocycles. The maximum atomic E-state index is 12.3. The Bertz CT molecular complexity index is 658. The Morgan fingerprint density at radius 1 is 1.10 bits per heavy atom. The lowest BCUT2D eigenvalue weighted by Crippen LogP contribution is -2.24. The first kappa shape index (κ1) is 13.6. The number of nitrogens with zero attached hydrogens (tertiary/aromatic N) is 2. The quantitative estimate of drug-likeness (QED) is 0.476. The Hall–Kier alpha value is -2.87. The molecule has 0 aromatic heterocycles. The van der Waals surface area contributed by atoms with Gasteiger partial charge in [0.05, 0.1) is 0 Å². The molecule has 5 nitrogen and oxygen atoms in total. The maximum absolute atomic E-state index is 12.3. The Morgan fingerprint density at radius 3 is 2.35 bits per heavy atom. The van der Waals surface area contributed by atoms with Crippen LogP contribution in [0.5, 0.6) is 0 Å². The van der Waals surface area contributed by atoms with Crippen LogP contribution in [0.1, 0.15) is 16.8 Å². The van der Waals surface area contributed by atoms with Gasteiger partial charge in [-0.2, -0.15) is 9.98 Å². The summed E-state index contributed by atoms with van der Waals surface area (Å²) in [7, 11) is 0. The van der Waals surface area contributed by atoms with Crippen molar-refractivity contribution in [3.05, 3.63) is 59.7 Å². The highest BCUT2D eigenvalue weighted by Crippen LogP contribution is 2.27. The maximum Gasteiger partial charge on any atom is 0.237 e. The molecule has 1 aliphatic carbocycles. The summed E-state index contributed by atoms with van der Waals surface area (Å²) in [4.78, 5) is 40.3. The summed E-state index contributed by atoms with van der Waals surface area (Å²) in [6.45, 7) is 0. The van der Waals surface area contributed by atoms with Crippen molar-refractivity contribution in [2.45, 2.75) is 12.1 Å². The fourth-order valence-electron chi connectivity index (χ4n) is 1.95. The van der Waals surface area contributed by atoms with E-state index >= 15 is 0 Å². The monoisotopic (exact) mass is 266 g/mol. The summed E-state index contributed by atoms with van der Waals surface area (Å²) >= 11 is 0. The summed E-state index contributed by atoms with van der Waals surface area (Å²) in [5, 5.41) is 0. The van der Waals surface area contributed by atoms with Gasteiger partial charge in [-0.25, -0.2) is 9.59 Å². The molecule has 1 aromatic carbocycles. The third-order valence-electron chi connectivity index (χ3n) is 2.88. The van der Waals surface area contributed by atoms with Crippen molar-refractivity contribution in [1.82, 2.24) is 0 Å². The zero-order valence-corrected chi connectivity index (χ0v) is 10.4. The highest BCUT2D eigenvalue weighted by atomic mass is 16.1. The normalized spacial score (nSPS) is 20.3. The predicted octanol–water partition coefficient (Wildman–Crippen LogP) is 2.12. The highest BCUT2D eigenvalue weighted by molar-refractivity contribution is 6.10. The van der Waals surface area contributed by atoms with Gasteiger partial charge in [0, 0.05) is 17.6 Å². The second-order valence-electron chi connectivity index (χ2n) is 4.19. The van der Waals surface area contributed by atoms with Crippen LogP contribution in [0.3, 0.4) is 0 Å². The average molecular weight is 266 g/mol. The van der Waals surface area contributed by atoms with Crippen LogP contribution in [0.15, 0.2) is 64.1 Å². The van der Waals surface area contributed by atoms with Crippen molar-refractivity contribution in [3.8, 4) is 0 Å². The van der Waals surface area contributed by atoms with Crippen LogP contribution in [0.4, 0.5) is 0 Å². The van der Waals surface area contributed by atoms with Gasteiger partial charge in [-0.1, -0.05) is 42.5 Å². The Balaban J connectivity index is 2.43. The van der Waals surface area contributed by atoms with Gasteiger partial charge in [-0.15, -0.1) is 0 Å². The molecular weight excluding hydrogens is 256 g/mol. The minimum atomic E-state index is -1.40. The van der Waals surface area contributed by atoms with Crippen LogP contribution in [-0.2, 0) is 9.59 Å². The molecule has 0 bridgehead atoms. The molecule has 0 spiro atoms. The topological polar surface area (TPSA) is 75.9 Å². The number of allylic oxidation sites excluding steroid dienone is 2. The van der Waals surface area contributed by atoms with E-state index < -0.39 is 5.66 Å². The summed E-state index contributed by atoms with van der Waals surface area (Å²) in [6.07, 6.45) is 7.60. The fraction of sp³-hybridized carbons (Fsp3) is 0.133. The molecule has 0 N–H and O–H groups in total. The van der Waals surface area contributed by atoms with E-state index in [4.69, 9.17) is 0 Å². The number of aliphatic imine (C=N–C) groups is 2. The number of hydrogen-bond acceptors (Lipinski definition) is 5. The minimum absolute atomic E-state index is 0.211. The largest absolute Gasteiger partial charge is 0.289 e. The van der Waals surface area contributed by atoms with Crippen LogP contribution in [0, 0.1) is 0 Å².